The van der Waals surface area contributed by atoms with E-state index in [2.05, 4.69) is 21.2 Å². The molecule has 24 heavy (non-hydrogen) atoms. The Labute approximate surface area is 158 Å². The first-order valence-electron chi connectivity index (χ1n) is 8.37. The van der Waals surface area contributed by atoms with Gasteiger partial charge in [0.05, 0.1) is 7.11 Å². The van der Waals surface area contributed by atoms with Gasteiger partial charge in [0.1, 0.15) is 5.75 Å². The Balaban J connectivity index is 0.00000208. The standard InChI is InChI=1S/C18H25BrN2O2.ClH/c1-21(11-13-10-14(19)3-6-17(13)23-2)18(22)9-12-7-15-4-5-16(8-12)20-15;/h3,6,10,12,15-16,20H,4-5,7-9,11H2,1-2H3;1H. The van der Waals surface area contributed by atoms with Crippen LogP contribution in [-0.2, 0) is 11.3 Å². The smallest absolute Gasteiger partial charge is 0.222 e. The minimum absolute atomic E-state index is 0. The van der Waals surface area contributed by atoms with E-state index in [4.69, 9.17) is 4.74 Å². The first kappa shape index (κ1) is 19.5. The number of amides is 1. The van der Waals surface area contributed by atoms with Crippen molar-refractivity contribution < 1.29 is 9.53 Å². The van der Waals surface area contributed by atoms with E-state index in [1.807, 2.05) is 30.1 Å². The van der Waals surface area contributed by atoms with Crippen molar-refractivity contribution in [2.75, 3.05) is 14.2 Å². The predicted molar refractivity (Wildman–Crippen MR) is 102 cm³/mol. The highest BCUT2D eigenvalue weighted by Gasteiger charge is 2.34. The van der Waals surface area contributed by atoms with Crippen LogP contribution in [0.15, 0.2) is 22.7 Å². The maximum atomic E-state index is 12.6. The van der Waals surface area contributed by atoms with Crippen LogP contribution in [0, 0.1) is 5.92 Å². The van der Waals surface area contributed by atoms with Gasteiger partial charge < -0.3 is 15.0 Å². The number of carbonyl (C=O) groups excluding carboxylic acids is 1. The van der Waals surface area contributed by atoms with Crippen molar-refractivity contribution in [2.24, 2.45) is 5.92 Å². The first-order valence-corrected chi connectivity index (χ1v) is 9.17. The second-order valence-corrected chi connectivity index (χ2v) is 7.80. The fourth-order valence-electron chi connectivity index (χ4n) is 3.96. The number of ether oxygens (including phenoxy) is 1. The largest absolute Gasteiger partial charge is 0.496 e. The summed E-state index contributed by atoms with van der Waals surface area (Å²) in [6, 6.07) is 7.19. The quantitative estimate of drug-likeness (QED) is 0.793. The number of nitrogens with one attached hydrogen (secondary N) is 1. The van der Waals surface area contributed by atoms with E-state index in [1.54, 1.807) is 7.11 Å². The maximum Gasteiger partial charge on any atom is 0.222 e. The van der Waals surface area contributed by atoms with Gasteiger partial charge in [0.25, 0.3) is 0 Å². The van der Waals surface area contributed by atoms with E-state index in [0.29, 0.717) is 31.0 Å². The number of halogens is 2. The van der Waals surface area contributed by atoms with Gasteiger partial charge in [-0.2, -0.15) is 0 Å². The van der Waals surface area contributed by atoms with Gasteiger partial charge in [-0.1, -0.05) is 15.9 Å². The zero-order valence-corrected chi connectivity index (χ0v) is 16.7. The Morgan fingerprint density at radius 3 is 2.62 bits per heavy atom. The number of benzene rings is 1. The van der Waals surface area contributed by atoms with Gasteiger partial charge in [-0.25, -0.2) is 0 Å². The summed E-state index contributed by atoms with van der Waals surface area (Å²) in [5.74, 6) is 1.60. The van der Waals surface area contributed by atoms with E-state index >= 15 is 0 Å². The van der Waals surface area contributed by atoms with Crippen LogP contribution in [0.4, 0.5) is 0 Å². The van der Waals surface area contributed by atoms with Crippen molar-refractivity contribution in [3.05, 3.63) is 28.2 Å². The highest BCUT2D eigenvalue weighted by atomic mass is 79.9. The summed E-state index contributed by atoms with van der Waals surface area (Å²) < 4.78 is 6.40. The molecule has 1 N–H and O–H groups in total. The van der Waals surface area contributed by atoms with Gasteiger partial charge in [0, 0.05) is 42.1 Å². The molecule has 134 valence electrons. The second kappa shape index (κ2) is 8.54. The summed E-state index contributed by atoms with van der Waals surface area (Å²) in [7, 11) is 3.55. The Kier molecular flexibility index (Phi) is 6.96. The third kappa shape index (κ3) is 4.64. The Morgan fingerprint density at radius 1 is 1.33 bits per heavy atom. The Bertz CT molecular complexity index is 572. The molecule has 1 amide bonds. The Hall–Kier alpha value is -0.780. The fourth-order valence-corrected chi connectivity index (χ4v) is 4.37. The van der Waals surface area contributed by atoms with Crippen molar-refractivity contribution in [1.82, 2.24) is 10.2 Å². The molecule has 2 aliphatic heterocycles. The van der Waals surface area contributed by atoms with Crippen molar-refractivity contribution in [3.8, 4) is 5.75 Å². The van der Waals surface area contributed by atoms with Gasteiger partial charge in [0.2, 0.25) is 5.91 Å². The fraction of sp³-hybridized carbons (Fsp3) is 0.611. The van der Waals surface area contributed by atoms with Gasteiger partial charge in [0.15, 0.2) is 0 Å². The maximum absolute atomic E-state index is 12.6. The summed E-state index contributed by atoms with van der Waals surface area (Å²) >= 11 is 3.49. The van der Waals surface area contributed by atoms with E-state index in [1.165, 1.54) is 12.8 Å². The van der Waals surface area contributed by atoms with Crippen LogP contribution in [0.5, 0.6) is 5.75 Å². The van der Waals surface area contributed by atoms with Crippen LogP contribution in [0.2, 0.25) is 0 Å². The van der Waals surface area contributed by atoms with Crippen LogP contribution in [-0.4, -0.2) is 37.0 Å². The molecule has 2 bridgehead atoms. The van der Waals surface area contributed by atoms with Crippen molar-refractivity contribution in [3.63, 3.8) is 0 Å². The average molecular weight is 418 g/mol. The molecule has 0 aliphatic carbocycles. The normalized spacial score (nSPS) is 25.0. The van der Waals surface area contributed by atoms with E-state index in [-0.39, 0.29) is 18.3 Å². The zero-order chi connectivity index (χ0) is 16.4. The average Bonchev–Trinajstić information content (AvgIpc) is 2.86. The molecule has 0 spiro atoms. The summed E-state index contributed by atoms with van der Waals surface area (Å²) in [4.78, 5) is 14.4. The van der Waals surface area contributed by atoms with Crippen LogP contribution >= 0.6 is 28.3 Å². The lowest BCUT2D eigenvalue weighted by atomic mass is 9.89. The monoisotopic (exact) mass is 416 g/mol. The summed E-state index contributed by atoms with van der Waals surface area (Å²) in [5, 5.41) is 3.64. The van der Waals surface area contributed by atoms with Gasteiger partial charge in [-0.05, 0) is 49.8 Å². The number of carbonyl (C=O) groups is 1. The first-order chi connectivity index (χ1) is 11.0. The summed E-state index contributed by atoms with van der Waals surface area (Å²) in [6.45, 7) is 0.583. The summed E-state index contributed by atoms with van der Waals surface area (Å²) in [6.07, 6.45) is 5.52. The second-order valence-electron chi connectivity index (χ2n) is 6.89. The van der Waals surface area contributed by atoms with Crippen molar-refractivity contribution in [1.29, 1.82) is 0 Å². The van der Waals surface area contributed by atoms with Gasteiger partial charge in [-0.15, -0.1) is 12.4 Å². The third-order valence-corrected chi connectivity index (χ3v) is 5.60. The van der Waals surface area contributed by atoms with Crippen LogP contribution in [0.3, 0.4) is 0 Å². The van der Waals surface area contributed by atoms with Gasteiger partial charge >= 0.3 is 0 Å². The summed E-state index contributed by atoms with van der Waals surface area (Å²) in [5.41, 5.74) is 1.03. The van der Waals surface area contributed by atoms with Crippen LogP contribution in [0.25, 0.3) is 0 Å². The van der Waals surface area contributed by atoms with E-state index in [9.17, 15) is 4.79 Å². The van der Waals surface area contributed by atoms with Crippen molar-refractivity contribution in [2.45, 2.75) is 50.7 Å². The van der Waals surface area contributed by atoms with E-state index < -0.39 is 0 Å². The number of piperidine rings is 1. The molecule has 0 aromatic heterocycles. The Morgan fingerprint density at radius 2 is 2.00 bits per heavy atom. The SMILES string of the molecule is COc1ccc(Br)cc1CN(C)C(=O)CC1CC2CCC(C1)N2.Cl. The topological polar surface area (TPSA) is 41.6 Å². The highest BCUT2D eigenvalue weighted by molar-refractivity contribution is 9.10. The number of fused-ring (bicyclic) bond motifs is 2. The number of rotatable bonds is 5. The molecular formula is C18H26BrClN2O2. The van der Waals surface area contributed by atoms with Gasteiger partial charge in [-0.3, -0.25) is 4.79 Å². The molecular weight excluding hydrogens is 392 g/mol. The molecule has 2 atom stereocenters. The highest BCUT2D eigenvalue weighted by Crippen LogP contribution is 2.33. The lowest BCUT2D eigenvalue weighted by Crippen LogP contribution is -2.39. The lowest BCUT2D eigenvalue weighted by Gasteiger charge is -2.30. The number of methoxy groups -OCH3 is 1. The third-order valence-electron chi connectivity index (χ3n) is 5.11. The van der Waals surface area contributed by atoms with Crippen LogP contribution in [0.1, 0.15) is 37.7 Å². The molecule has 2 aliphatic rings. The molecule has 4 nitrogen and oxygen atoms in total. The number of nitrogens with zero attached hydrogens (tertiary/aromatic N) is 1. The molecule has 2 saturated heterocycles. The molecule has 2 heterocycles. The van der Waals surface area contributed by atoms with Crippen molar-refractivity contribution >= 4 is 34.2 Å². The molecule has 2 unspecified atom stereocenters. The van der Waals surface area contributed by atoms with E-state index in [0.717, 1.165) is 28.6 Å². The molecule has 1 aromatic rings. The van der Waals surface area contributed by atoms with Crippen LogP contribution < -0.4 is 10.1 Å². The molecule has 0 radical (unpaired) electrons. The minimum atomic E-state index is 0. The molecule has 1 aromatic carbocycles. The molecule has 0 saturated carbocycles. The number of hydrogen-bond donors (Lipinski definition) is 1. The molecule has 2 fully saturated rings. The number of hydrogen-bond acceptors (Lipinski definition) is 3. The molecule has 6 heteroatoms. The zero-order valence-electron chi connectivity index (χ0n) is 14.3. The minimum Gasteiger partial charge on any atom is -0.496 e. The predicted octanol–water partition coefficient (Wildman–Crippen LogP) is 3.76. The lowest BCUT2D eigenvalue weighted by molar-refractivity contribution is -0.131. The molecule has 3 rings (SSSR count).